The zero-order valence-corrected chi connectivity index (χ0v) is 9.27. The number of pyridine rings is 1. The lowest BCUT2D eigenvalue weighted by Crippen LogP contribution is -1.95. The van der Waals surface area contributed by atoms with Crippen molar-refractivity contribution in [3.63, 3.8) is 0 Å². The molecule has 0 atom stereocenters. The van der Waals surface area contributed by atoms with Gasteiger partial charge in [-0.05, 0) is 5.57 Å². The zero-order chi connectivity index (χ0) is 12.8. The lowest BCUT2D eigenvalue weighted by atomic mass is 10.1. The normalized spacial score (nSPS) is 9.94. The van der Waals surface area contributed by atoms with Crippen LogP contribution in [0, 0.1) is 17.1 Å². The molecule has 0 aliphatic heterocycles. The summed E-state index contributed by atoms with van der Waals surface area (Å²) >= 11 is 0. The summed E-state index contributed by atoms with van der Waals surface area (Å²) < 4.78 is 18.3. The van der Waals surface area contributed by atoms with Crippen LogP contribution in [-0.2, 0) is 0 Å². The first-order valence-electron chi connectivity index (χ1n) is 4.60. The van der Waals surface area contributed by atoms with E-state index in [4.69, 9.17) is 10.00 Å². The first-order chi connectivity index (χ1) is 8.08. The molecule has 4 nitrogen and oxygen atoms in total. The standard InChI is InChI=1S/C12H10FN3O/c1-8(6-15-9(2)5-14)10-4-12(17-3)16-7-11(10)13/h4,6-7H,1-2H2,3H3. The quantitative estimate of drug-likeness (QED) is 0.590. The van der Waals surface area contributed by atoms with E-state index in [-0.39, 0.29) is 17.1 Å². The predicted molar refractivity (Wildman–Crippen MR) is 63.0 cm³/mol. The molecule has 86 valence electrons. The summed E-state index contributed by atoms with van der Waals surface area (Å²) in [6.45, 7) is 7.01. The minimum absolute atomic E-state index is 0.0209. The second-order valence-electron chi connectivity index (χ2n) is 3.05. The molecule has 0 radical (unpaired) electrons. The molecule has 0 unspecified atom stereocenters. The van der Waals surface area contributed by atoms with E-state index < -0.39 is 5.82 Å². The molecule has 17 heavy (non-hydrogen) atoms. The van der Waals surface area contributed by atoms with Crippen molar-refractivity contribution in [2.45, 2.75) is 0 Å². The van der Waals surface area contributed by atoms with Crippen LogP contribution in [0.4, 0.5) is 4.39 Å². The maximum absolute atomic E-state index is 13.4. The van der Waals surface area contributed by atoms with Crippen molar-refractivity contribution in [2.75, 3.05) is 7.11 Å². The summed E-state index contributed by atoms with van der Waals surface area (Å²) in [5.41, 5.74) is 0.540. The lowest BCUT2D eigenvalue weighted by molar-refractivity contribution is 0.395. The van der Waals surface area contributed by atoms with Crippen LogP contribution in [0.15, 0.2) is 36.1 Å². The Kier molecular flexibility index (Phi) is 4.12. The minimum atomic E-state index is -0.537. The number of nitrogens with zero attached hydrogens (tertiary/aromatic N) is 3. The molecule has 0 aromatic carbocycles. The van der Waals surface area contributed by atoms with Crippen LogP contribution in [0.25, 0.3) is 5.57 Å². The van der Waals surface area contributed by atoms with Gasteiger partial charge >= 0.3 is 0 Å². The molecule has 0 bridgehead atoms. The number of rotatable bonds is 4. The van der Waals surface area contributed by atoms with Crippen LogP contribution in [0.3, 0.4) is 0 Å². The van der Waals surface area contributed by atoms with E-state index in [9.17, 15) is 4.39 Å². The summed E-state index contributed by atoms with van der Waals surface area (Å²) in [7, 11) is 1.43. The first-order valence-corrected chi connectivity index (χ1v) is 4.60. The van der Waals surface area contributed by atoms with Gasteiger partial charge in [0, 0.05) is 17.8 Å². The summed E-state index contributed by atoms with van der Waals surface area (Å²) in [4.78, 5) is 7.41. The number of aliphatic imine (C=N–C) groups is 1. The van der Waals surface area contributed by atoms with Crippen LogP contribution in [0.1, 0.15) is 5.56 Å². The maximum atomic E-state index is 13.4. The predicted octanol–water partition coefficient (Wildman–Crippen LogP) is 2.35. The third-order valence-electron chi connectivity index (χ3n) is 1.89. The van der Waals surface area contributed by atoms with E-state index in [0.29, 0.717) is 5.57 Å². The van der Waals surface area contributed by atoms with Crippen LogP contribution in [0.5, 0.6) is 5.88 Å². The molecule has 0 aliphatic carbocycles. The second kappa shape index (κ2) is 5.56. The fourth-order valence-corrected chi connectivity index (χ4v) is 1.03. The molecule has 0 fully saturated rings. The molecular weight excluding hydrogens is 221 g/mol. The highest BCUT2D eigenvalue weighted by Crippen LogP contribution is 2.19. The van der Waals surface area contributed by atoms with Crippen molar-refractivity contribution in [1.29, 1.82) is 5.26 Å². The van der Waals surface area contributed by atoms with E-state index >= 15 is 0 Å². The highest BCUT2D eigenvalue weighted by atomic mass is 19.1. The number of methoxy groups -OCH3 is 1. The van der Waals surface area contributed by atoms with Gasteiger partial charge in [-0.3, -0.25) is 0 Å². The van der Waals surface area contributed by atoms with E-state index in [1.807, 2.05) is 0 Å². The van der Waals surface area contributed by atoms with E-state index in [0.717, 1.165) is 6.20 Å². The smallest absolute Gasteiger partial charge is 0.213 e. The maximum Gasteiger partial charge on any atom is 0.213 e. The van der Waals surface area contributed by atoms with Crippen molar-refractivity contribution >= 4 is 11.8 Å². The van der Waals surface area contributed by atoms with Crippen LogP contribution in [-0.4, -0.2) is 18.3 Å². The van der Waals surface area contributed by atoms with Gasteiger partial charge in [-0.15, -0.1) is 0 Å². The Balaban J connectivity index is 3.00. The Bertz CT molecular complexity index is 529. The highest BCUT2D eigenvalue weighted by molar-refractivity contribution is 6.09. The van der Waals surface area contributed by atoms with E-state index in [1.165, 1.54) is 19.4 Å². The molecular formula is C12H10FN3O. The Hall–Kier alpha value is -2.48. The number of ether oxygens (including phenoxy) is 1. The number of halogens is 1. The molecule has 0 saturated heterocycles. The average molecular weight is 231 g/mol. The Morgan fingerprint density at radius 2 is 2.35 bits per heavy atom. The van der Waals surface area contributed by atoms with Gasteiger partial charge in [-0.2, -0.15) is 5.26 Å². The van der Waals surface area contributed by atoms with Gasteiger partial charge in [0.15, 0.2) is 0 Å². The highest BCUT2D eigenvalue weighted by Gasteiger charge is 2.07. The van der Waals surface area contributed by atoms with Crippen LogP contribution in [0.2, 0.25) is 0 Å². The van der Waals surface area contributed by atoms with Crippen molar-refractivity contribution < 1.29 is 9.13 Å². The fourth-order valence-electron chi connectivity index (χ4n) is 1.03. The summed E-state index contributed by atoms with van der Waals surface area (Å²) in [6.07, 6.45) is 2.30. The molecule has 0 amide bonds. The summed E-state index contributed by atoms with van der Waals surface area (Å²) in [5, 5.41) is 8.46. The third kappa shape index (κ3) is 3.24. The van der Waals surface area contributed by atoms with Gasteiger partial charge in [0.1, 0.15) is 17.6 Å². The fraction of sp³-hybridized carbons (Fsp3) is 0.0833. The Morgan fingerprint density at radius 1 is 1.65 bits per heavy atom. The van der Waals surface area contributed by atoms with Crippen molar-refractivity contribution in [2.24, 2.45) is 4.99 Å². The van der Waals surface area contributed by atoms with Crippen LogP contribution < -0.4 is 4.74 Å². The molecule has 0 aliphatic rings. The van der Waals surface area contributed by atoms with Crippen molar-refractivity contribution in [3.8, 4) is 11.9 Å². The molecule has 5 heteroatoms. The minimum Gasteiger partial charge on any atom is -0.481 e. The van der Waals surface area contributed by atoms with E-state index in [2.05, 4.69) is 23.1 Å². The molecule has 0 spiro atoms. The molecule has 1 rings (SSSR count). The molecule has 1 aromatic rings. The van der Waals surface area contributed by atoms with Gasteiger partial charge in [0.2, 0.25) is 5.88 Å². The summed E-state index contributed by atoms with van der Waals surface area (Å²) in [6, 6.07) is 3.15. The zero-order valence-electron chi connectivity index (χ0n) is 9.27. The second-order valence-corrected chi connectivity index (χ2v) is 3.05. The van der Waals surface area contributed by atoms with Gasteiger partial charge in [-0.1, -0.05) is 13.2 Å². The topological polar surface area (TPSA) is 58.3 Å². The first kappa shape index (κ1) is 12.6. The van der Waals surface area contributed by atoms with Gasteiger partial charge in [-0.25, -0.2) is 14.4 Å². The third-order valence-corrected chi connectivity index (χ3v) is 1.89. The summed E-state index contributed by atoms with van der Waals surface area (Å²) in [5.74, 6) is -0.264. The number of hydrogen-bond donors (Lipinski definition) is 0. The number of nitriles is 1. The van der Waals surface area contributed by atoms with E-state index in [1.54, 1.807) is 6.07 Å². The Morgan fingerprint density at radius 3 is 2.94 bits per heavy atom. The SMILES string of the molecule is C=C(C#N)N=CC(=C)c1cc(OC)ncc1F. The number of hydrogen-bond acceptors (Lipinski definition) is 4. The monoisotopic (exact) mass is 231 g/mol. The van der Waals surface area contributed by atoms with Crippen LogP contribution >= 0.6 is 0 Å². The Labute approximate surface area is 98.4 Å². The van der Waals surface area contributed by atoms with Crippen molar-refractivity contribution in [1.82, 2.24) is 4.98 Å². The largest absolute Gasteiger partial charge is 0.481 e. The molecule has 0 saturated carbocycles. The molecule has 1 aromatic heterocycles. The van der Waals surface area contributed by atoms with Crippen molar-refractivity contribution in [3.05, 3.63) is 42.5 Å². The van der Waals surface area contributed by atoms with Gasteiger partial charge in [0.05, 0.1) is 13.3 Å². The molecule has 1 heterocycles. The average Bonchev–Trinajstić information content (AvgIpc) is 2.36. The number of aromatic nitrogens is 1. The lowest BCUT2D eigenvalue weighted by Gasteiger charge is -2.04. The van der Waals surface area contributed by atoms with Gasteiger partial charge < -0.3 is 4.74 Å². The van der Waals surface area contributed by atoms with Gasteiger partial charge in [0.25, 0.3) is 0 Å². The molecule has 0 N–H and O–H groups in total. The number of allylic oxidation sites excluding steroid dienone is 2.